The molecule has 0 aliphatic rings. The molecule has 0 aliphatic carbocycles. The van der Waals surface area contributed by atoms with E-state index in [-0.39, 0.29) is 0 Å². The lowest BCUT2D eigenvalue weighted by molar-refractivity contribution is 0.741. The summed E-state index contributed by atoms with van der Waals surface area (Å²) in [5.74, 6) is 5.13. The number of benzene rings is 1. The first-order valence-corrected chi connectivity index (χ1v) is 3.87. The zero-order chi connectivity index (χ0) is 8.27. The molecular weight excluding hydrogens is 183 g/mol. The Morgan fingerprint density at radius 1 is 1.36 bits per heavy atom. The van der Waals surface area contributed by atoms with Crippen molar-refractivity contribution in [1.82, 2.24) is 5.43 Å². The number of halogens is 2. The van der Waals surface area contributed by atoms with Crippen molar-refractivity contribution in [2.45, 2.75) is 6.54 Å². The van der Waals surface area contributed by atoms with Crippen LogP contribution in [0.15, 0.2) is 18.2 Å². The summed E-state index contributed by atoms with van der Waals surface area (Å²) in [4.78, 5) is 0. The summed E-state index contributed by atoms with van der Waals surface area (Å²) in [7, 11) is 0. The second kappa shape index (κ2) is 3.93. The van der Waals surface area contributed by atoms with Gasteiger partial charge in [-0.05, 0) is 11.6 Å². The van der Waals surface area contributed by atoms with Crippen LogP contribution in [0.1, 0.15) is 5.56 Å². The first-order valence-electron chi connectivity index (χ1n) is 3.12. The largest absolute Gasteiger partial charge is 0.271 e. The lowest BCUT2D eigenvalue weighted by Gasteiger charge is -2.03. The van der Waals surface area contributed by atoms with Gasteiger partial charge in [0.05, 0.1) is 10.0 Å². The highest BCUT2D eigenvalue weighted by atomic mass is 35.5. The molecule has 4 heteroatoms. The van der Waals surface area contributed by atoms with Crippen molar-refractivity contribution in [1.29, 1.82) is 0 Å². The lowest BCUT2D eigenvalue weighted by atomic mass is 10.2. The maximum atomic E-state index is 5.84. The number of nitrogens with one attached hydrogen (secondary N) is 1. The zero-order valence-electron chi connectivity index (χ0n) is 5.77. The summed E-state index contributed by atoms with van der Waals surface area (Å²) in [6.45, 7) is 0.527. The van der Waals surface area contributed by atoms with Gasteiger partial charge in [0, 0.05) is 6.54 Å². The minimum Gasteiger partial charge on any atom is -0.271 e. The van der Waals surface area contributed by atoms with Crippen LogP contribution in [-0.2, 0) is 6.54 Å². The van der Waals surface area contributed by atoms with Gasteiger partial charge in [-0.2, -0.15) is 0 Å². The molecule has 60 valence electrons. The fourth-order valence-electron chi connectivity index (χ4n) is 0.795. The molecule has 0 unspecified atom stereocenters. The summed E-state index contributed by atoms with van der Waals surface area (Å²) in [6.07, 6.45) is 0. The molecule has 11 heavy (non-hydrogen) atoms. The Kier molecular flexibility index (Phi) is 3.15. The number of rotatable bonds is 2. The maximum absolute atomic E-state index is 5.84. The number of hydrazine groups is 1. The fraction of sp³-hybridized carbons (Fsp3) is 0.143. The molecule has 3 N–H and O–H groups in total. The van der Waals surface area contributed by atoms with Crippen LogP contribution in [0.5, 0.6) is 0 Å². The molecule has 0 fully saturated rings. The highest BCUT2D eigenvalue weighted by molar-refractivity contribution is 6.42. The Morgan fingerprint density at radius 2 is 2.09 bits per heavy atom. The van der Waals surface area contributed by atoms with Crippen molar-refractivity contribution in [2.24, 2.45) is 5.84 Å². The quantitative estimate of drug-likeness (QED) is 0.553. The zero-order valence-corrected chi connectivity index (χ0v) is 7.28. The third kappa shape index (κ3) is 2.07. The first kappa shape index (κ1) is 8.81. The van der Waals surface area contributed by atoms with Gasteiger partial charge < -0.3 is 0 Å². The summed E-state index contributed by atoms with van der Waals surface area (Å²) in [6, 6.07) is 5.44. The minimum absolute atomic E-state index is 0.527. The lowest BCUT2D eigenvalue weighted by Crippen LogP contribution is -2.20. The highest BCUT2D eigenvalue weighted by Gasteiger charge is 2.01. The third-order valence-electron chi connectivity index (χ3n) is 1.32. The monoisotopic (exact) mass is 190 g/mol. The van der Waals surface area contributed by atoms with Gasteiger partial charge in [-0.1, -0.05) is 35.3 Å². The molecule has 0 amide bonds. The van der Waals surface area contributed by atoms with E-state index in [0.717, 1.165) is 5.56 Å². The normalized spacial score (nSPS) is 10.1. The van der Waals surface area contributed by atoms with Crippen LogP contribution in [0.25, 0.3) is 0 Å². The van der Waals surface area contributed by atoms with Crippen molar-refractivity contribution in [3.8, 4) is 0 Å². The Morgan fingerprint density at radius 3 is 2.73 bits per heavy atom. The molecular formula is C7H8Cl2N2. The molecule has 1 rings (SSSR count). The SMILES string of the molecule is NNCc1cccc(Cl)c1Cl. The highest BCUT2D eigenvalue weighted by Crippen LogP contribution is 2.24. The van der Waals surface area contributed by atoms with Crippen molar-refractivity contribution in [3.63, 3.8) is 0 Å². The molecule has 0 aliphatic heterocycles. The number of hydrogen-bond donors (Lipinski definition) is 2. The second-order valence-corrected chi connectivity index (χ2v) is 2.88. The van der Waals surface area contributed by atoms with Crippen LogP contribution >= 0.6 is 23.2 Å². The molecule has 1 aromatic carbocycles. The van der Waals surface area contributed by atoms with Gasteiger partial charge in [-0.15, -0.1) is 0 Å². The van der Waals surface area contributed by atoms with E-state index in [1.54, 1.807) is 6.07 Å². The van der Waals surface area contributed by atoms with E-state index in [2.05, 4.69) is 5.43 Å². The molecule has 0 saturated carbocycles. The van der Waals surface area contributed by atoms with Gasteiger partial charge >= 0.3 is 0 Å². The van der Waals surface area contributed by atoms with Gasteiger partial charge in [0.1, 0.15) is 0 Å². The van der Waals surface area contributed by atoms with E-state index in [1.807, 2.05) is 12.1 Å². The van der Waals surface area contributed by atoms with Crippen molar-refractivity contribution >= 4 is 23.2 Å². The molecule has 0 saturated heterocycles. The standard InChI is InChI=1S/C7H8Cl2N2/c8-6-3-1-2-5(4-11-10)7(6)9/h1-3,11H,4,10H2. The van der Waals surface area contributed by atoms with E-state index < -0.39 is 0 Å². The topological polar surface area (TPSA) is 38.0 Å². The van der Waals surface area contributed by atoms with Gasteiger partial charge in [0.25, 0.3) is 0 Å². The summed E-state index contributed by atoms with van der Waals surface area (Å²) >= 11 is 11.6. The first-order chi connectivity index (χ1) is 5.25. The van der Waals surface area contributed by atoms with Gasteiger partial charge in [0.15, 0.2) is 0 Å². The molecule has 0 heterocycles. The van der Waals surface area contributed by atoms with Crippen LogP contribution < -0.4 is 11.3 Å². The average Bonchev–Trinajstić information content (AvgIpc) is 1.99. The van der Waals surface area contributed by atoms with Crippen molar-refractivity contribution in [2.75, 3.05) is 0 Å². The maximum Gasteiger partial charge on any atom is 0.0637 e. The molecule has 0 radical (unpaired) electrons. The average molecular weight is 191 g/mol. The molecule has 2 nitrogen and oxygen atoms in total. The van der Waals surface area contributed by atoms with Gasteiger partial charge in [0.2, 0.25) is 0 Å². The Balaban J connectivity index is 2.96. The predicted octanol–water partition coefficient (Wildman–Crippen LogP) is 1.96. The summed E-state index contributed by atoms with van der Waals surface area (Å²) < 4.78 is 0. The Labute approximate surface area is 75.3 Å². The summed E-state index contributed by atoms with van der Waals surface area (Å²) in [5, 5.41) is 1.12. The number of hydrogen-bond acceptors (Lipinski definition) is 2. The predicted molar refractivity (Wildman–Crippen MR) is 47.5 cm³/mol. The molecule has 0 atom stereocenters. The van der Waals surface area contributed by atoms with Crippen LogP contribution in [0.4, 0.5) is 0 Å². The summed E-state index contributed by atoms with van der Waals surface area (Å²) in [5.41, 5.74) is 3.41. The van der Waals surface area contributed by atoms with E-state index >= 15 is 0 Å². The molecule has 1 aromatic rings. The second-order valence-electron chi connectivity index (χ2n) is 2.09. The molecule has 0 aromatic heterocycles. The van der Waals surface area contributed by atoms with E-state index in [1.165, 1.54) is 0 Å². The van der Waals surface area contributed by atoms with E-state index in [9.17, 15) is 0 Å². The number of nitrogens with two attached hydrogens (primary N) is 1. The van der Waals surface area contributed by atoms with Crippen LogP contribution in [0, 0.1) is 0 Å². The van der Waals surface area contributed by atoms with Crippen LogP contribution in [0.2, 0.25) is 10.0 Å². The van der Waals surface area contributed by atoms with Gasteiger partial charge in [-0.25, -0.2) is 0 Å². The van der Waals surface area contributed by atoms with E-state index in [0.29, 0.717) is 16.6 Å². The Hall–Kier alpha value is -0.280. The van der Waals surface area contributed by atoms with E-state index in [4.69, 9.17) is 29.0 Å². The van der Waals surface area contributed by atoms with Crippen molar-refractivity contribution < 1.29 is 0 Å². The van der Waals surface area contributed by atoms with Gasteiger partial charge in [-0.3, -0.25) is 11.3 Å². The minimum atomic E-state index is 0.527. The van der Waals surface area contributed by atoms with Crippen LogP contribution in [-0.4, -0.2) is 0 Å². The molecule has 0 bridgehead atoms. The Bertz CT molecular complexity index is 250. The fourth-order valence-corrected chi connectivity index (χ4v) is 1.18. The molecule has 0 spiro atoms. The third-order valence-corrected chi connectivity index (χ3v) is 2.18. The van der Waals surface area contributed by atoms with Crippen molar-refractivity contribution in [3.05, 3.63) is 33.8 Å². The van der Waals surface area contributed by atoms with Crippen LogP contribution in [0.3, 0.4) is 0 Å². The smallest absolute Gasteiger partial charge is 0.0637 e.